The number of para-hydroxylation sites is 2. The van der Waals surface area contributed by atoms with Crippen LogP contribution in [0.3, 0.4) is 0 Å². The summed E-state index contributed by atoms with van der Waals surface area (Å²) in [6.07, 6.45) is 0. The molecule has 1 unspecified atom stereocenters. The number of thioether (sulfide) groups is 1. The van der Waals surface area contributed by atoms with Gasteiger partial charge in [-0.15, -0.1) is 11.8 Å². The van der Waals surface area contributed by atoms with E-state index in [1.165, 1.54) is 31.0 Å². The number of non-ortho nitro benzene ring substituents is 1. The van der Waals surface area contributed by atoms with Crippen LogP contribution >= 0.6 is 23.4 Å². The van der Waals surface area contributed by atoms with Gasteiger partial charge in [0.25, 0.3) is 11.6 Å². The standard InChI is InChI=1S/C28H23ClN4O4S/c1-17-25(27(34)32-23-12-5-6-13-24(23)37-2)26(20-10-3-4-11-22(20)29)21(15-30)28(31-17)38-16-18-8-7-9-19(14-18)33(35)36/h3-14,26,31H,16H2,1-2H3,(H,32,34). The van der Waals surface area contributed by atoms with E-state index in [1.807, 2.05) is 0 Å². The number of hydrogen-bond donors (Lipinski definition) is 2. The van der Waals surface area contributed by atoms with Crippen LogP contribution < -0.4 is 15.4 Å². The summed E-state index contributed by atoms with van der Waals surface area (Å²) in [5, 5.41) is 28.6. The topological polar surface area (TPSA) is 117 Å². The highest BCUT2D eigenvalue weighted by molar-refractivity contribution is 8.02. The normalized spacial score (nSPS) is 14.9. The fraction of sp³-hybridized carbons (Fsp3) is 0.143. The fourth-order valence-corrected chi connectivity index (χ4v) is 5.48. The molecule has 0 aromatic heterocycles. The predicted molar refractivity (Wildman–Crippen MR) is 149 cm³/mol. The Morgan fingerprint density at radius 2 is 1.92 bits per heavy atom. The molecule has 0 saturated heterocycles. The number of rotatable bonds is 8. The first-order chi connectivity index (χ1) is 18.3. The highest BCUT2D eigenvalue weighted by Crippen LogP contribution is 2.44. The zero-order valence-electron chi connectivity index (χ0n) is 20.5. The third kappa shape index (κ3) is 5.67. The number of methoxy groups -OCH3 is 1. The number of benzene rings is 3. The molecule has 1 aliphatic heterocycles. The van der Waals surface area contributed by atoms with E-state index in [0.717, 1.165) is 5.56 Å². The first kappa shape index (κ1) is 26.8. The molecule has 1 heterocycles. The number of carbonyl (C=O) groups excluding carboxylic acids is 1. The number of nitriles is 1. The van der Waals surface area contributed by atoms with Crippen LogP contribution in [0.25, 0.3) is 0 Å². The highest BCUT2D eigenvalue weighted by atomic mass is 35.5. The molecule has 0 aliphatic carbocycles. The minimum absolute atomic E-state index is 0.00509. The quantitative estimate of drug-likeness (QED) is 0.244. The van der Waals surface area contributed by atoms with E-state index in [0.29, 0.717) is 49.6 Å². The van der Waals surface area contributed by atoms with Crippen LogP contribution in [0.2, 0.25) is 5.02 Å². The van der Waals surface area contributed by atoms with Crippen molar-refractivity contribution in [3.05, 3.63) is 121 Å². The molecular formula is C28H23ClN4O4S. The lowest BCUT2D eigenvalue weighted by atomic mass is 9.82. The molecule has 1 atom stereocenters. The van der Waals surface area contributed by atoms with E-state index in [-0.39, 0.29) is 5.69 Å². The Hall–Kier alpha value is -4.26. The first-order valence-corrected chi connectivity index (χ1v) is 12.9. The maximum absolute atomic E-state index is 13.7. The summed E-state index contributed by atoms with van der Waals surface area (Å²) in [5.41, 5.74) is 3.06. The Kier molecular flexibility index (Phi) is 8.36. The van der Waals surface area contributed by atoms with Gasteiger partial charge < -0.3 is 15.4 Å². The van der Waals surface area contributed by atoms with Crippen LogP contribution in [-0.2, 0) is 10.5 Å². The van der Waals surface area contributed by atoms with Gasteiger partial charge in [0, 0.05) is 34.2 Å². The molecule has 0 radical (unpaired) electrons. The number of nitro groups is 1. The van der Waals surface area contributed by atoms with Gasteiger partial charge in [-0.3, -0.25) is 14.9 Å². The number of carbonyl (C=O) groups is 1. The van der Waals surface area contributed by atoms with Crippen molar-refractivity contribution < 1.29 is 14.5 Å². The molecule has 3 aromatic rings. The zero-order chi connectivity index (χ0) is 27.2. The SMILES string of the molecule is COc1ccccc1NC(=O)C1=C(C)NC(SCc2cccc([N+](=O)[O-])c2)=C(C#N)C1c1ccccc1Cl. The van der Waals surface area contributed by atoms with Crippen LogP contribution in [0.5, 0.6) is 5.75 Å². The summed E-state index contributed by atoms with van der Waals surface area (Å²) in [5.74, 6) is -0.265. The summed E-state index contributed by atoms with van der Waals surface area (Å²) in [4.78, 5) is 24.4. The van der Waals surface area contributed by atoms with E-state index in [2.05, 4.69) is 16.7 Å². The second kappa shape index (κ2) is 11.9. The first-order valence-electron chi connectivity index (χ1n) is 11.5. The van der Waals surface area contributed by atoms with Crippen molar-refractivity contribution >= 4 is 40.6 Å². The number of hydrogen-bond acceptors (Lipinski definition) is 7. The van der Waals surface area contributed by atoms with E-state index < -0.39 is 16.7 Å². The molecule has 3 aromatic carbocycles. The van der Waals surface area contributed by atoms with Crippen LogP contribution in [0, 0.1) is 21.4 Å². The second-order valence-corrected chi connectivity index (χ2v) is 9.74. The Labute approximate surface area is 229 Å². The van der Waals surface area contributed by atoms with Gasteiger partial charge in [0.1, 0.15) is 5.75 Å². The maximum Gasteiger partial charge on any atom is 0.269 e. The lowest BCUT2D eigenvalue weighted by Gasteiger charge is -2.30. The van der Waals surface area contributed by atoms with Crippen LogP contribution in [0.1, 0.15) is 24.0 Å². The van der Waals surface area contributed by atoms with Gasteiger partial charge in [0.05, 0.1) is 40.3 Å². The van der Waals surface area contributed by atoms with Gasteiger partial charge in [0.2, 0.25) is 0 Å². The van der Waals surface area contributed by atoms with Crippen molar-refractivity contribution in [3.8, 4) is 11.8 Å². The Balaban J connectivity index is 1.73. The van der Waals surface area contributed by atoms with E-state index in [9.17, 15) is 20.2 Å². The number of halogens is 1. The number of amides is 1. The van der Waals surface area contributed by atoms with Gasteiger partial charge in [-0.05, 0) is 36.2 Å². The smallest absolute Gasteiger partial charge is 0.269 e. The molecular weight excluding hydrogens is 524 g/mol. The largest absolute Gasteiger partial charge is 0.495 e. The molecule has 10 heteroatoms. The van der Waals surface area contributed by atoms with Crippen LogP contribution in [0.15, 0.2) is 94.7 Å². The number of nitro benzene ring substituents is 1. The molecule has 0 spiro atoms. The minimum Gasteiger partial charge on any atom is -0.495 e. The molecule has 0 fully saturated rings. The van der Waals surface area contributed by atoms with Crippen molar-refractivity contribution in [1.29, 1.82) is 5.26 Å². The summed E-state index contributed by atoms with van der Waals surface area (Å²) in [7, 11) is 1.52. The van der Waals surface area contributed by atoms with Crippen LogP contribution in [-0.4, -0.2) is 17.9 Å². The van der Waals surface area contributed by atoms with Crippen molar-refractivity contribution in [2.45, 2.75) is 18.6 Å². The third-order valence-corrected chi connectivity index (χ3v) is 7.40. The predicted octanol–water partition coefficient (Wildman–Crippen LogP) is 6.52. The maximum atomic E-state index is 13.7. The van der Waals surface area contributed by atoms with Crippen molar-refractivity contribution in [2.24, 2.45) is 0 Å². The fourth-order valence-electron chi connectivity index (χ4n) is 4.20. The number of anilines is 1. The summed E-state index contributed by atoms with van der Waals surface area (Å²) >= 11 is 7.91. The van der Waals surface area contributed by atoms with Crippen molar-refractivity contribution in [3.63, 3.8) is 0 Å². The van der Waals surface area contributed by atoms with Crippen LogP contribution in [0.4, 0.5) is 11.4 Å². The third-order valence-electron chi connectivity index (χ3n) is 5.97. The minimum atomic E-state index is -0.739. The van der Waals surface area contributed by atoms with Gasteiger partial charge in [0.15, 0.2) is 0 Å². The average molecular weight is 547 g/mol. The molecule has 2 N–H and O–H groups in total. The molecule has 38 heavy (non-hydrogen) atoms. The monoisotopic (exact) mass is 546 g/mol. The molecule has 8 nitrogen and oxygen atoms in total. The molecule has 192 valence electrons. The Morgan fingerprint density at radius 1 is 1.18 bits per heavy atom. The highest BCUT2D eigenvalue weighted by Gasteiger charge is 2.36. The number of dihydropyridines is 1. The summed E-state index contributed by atoms with van der Waals surface area (Å²) < 4.78 is 5.37. The number of ether oxygens (including phenoxy) is 1. The number of allylic oxidation sites excluding steroid dienone is 2. The second-order valence-electron chi connectivity index (χ2n) is 8.34. The molecule has 0 saturated carbocycles. The van der Waals surface area contributed by atoms with E-state index >= 15 is 0 Å². The van der Waals surface area contributed by atoms with Crippen molar-refractivity contribution in [1.82, 2.24) is 5.32 Å². The van der Waals surface area contributed by atoms with E-state index in [4.69, 9.17) is 16.3 Å². The van der Waals surface area contributed by atoms with Gasteiger partial charge in [-0.1, -0.05) is 54.1 Å². The van der Waals surface area contributed by atoms with Gasteiger partial charge in [-0.2, -0.15) is 5.26 Å². The zero-order valence-corrected chi connectivity index (χ0v) is 22.1. The number of nitrogens with zero attached hydrogens (tertiary/aromatic N) is 2. The molecule has 1 aliphatic rings. The lowest BCUT2D eigenvalue weighted by Crippen LogP contribution is -2.31. The van der Waals surface area contributed by atoms with Gasteiger partial charge >= 0.3 is 0 Å². The summed E-state index contributed by atoms with van der Waals surface area (Å²) in [6, 6.07) is 22.8. The molecule has 4 rings (SSSR count). The Bertz CT molecular complexity index is 1510. The lowest BCUT2D eigenvalue weighted by molar-refractivity contribution is -0.384. The summed E-state index contributed by atoms with van der Waals surface area (Å²) in [6.45, 7) is 1.77. The van der Waals surface area contributed by atoms with Gasteiger partial charge in [-0.25, -0.2) is 0 Å². The van der Waals surface area contributed by atoms with Crippen molar-refractivity contribution in [2.75, 3.05) is 12.4 Å². The molecule has 0 bridgehead atoms. The molecule has 1 amide bonds. The average Bonchev–Trinajstić information content (AvgIpc) is 2.92. The van der Waals surface area contributed by atoms with E-state index in [1.54, 1.807) is 67.6 Å². The number of nitrogens with one attached hydrogen (secondary N) is 2. The Morgan fingerprint density at radius 3 is 2.63 bits per heavy atom.